The van der Waals surface area contributed by atoms with E-state index in [0.717, 1.165) is 12.0 Å². The third-order valence-electron chi connectivity index (χ3n) is 6.03. The van der Waals surface area contributed by atoms with Crippen LogP contribution in [0.2, 0.25) is 0 Å². The molecule has 0 amide bonds. The number of carbonyl (C=O) groups is 2. The van der Waals surface area contributed by atoms with E-state index in [-0.39, 0.29) is 23.0 Å². The van der Waals surface area contributed by atoms with Crippen molar-refractivity contribution >= 4 is 28.2 Å². The fraction of sp³-hybridized carbons (Fsp3) is 0.360. The van der Waals surface area contributed by atoms with Crippen molar-refractivity contribution in [2.75, 3.05) is 28.4 Å². The first-order chi connectivity index (χ1) is 15.9. The second-order valence-electron chi connectivity index (χ2n) is 7.80. The minimum Gasteiger partial charge on any atom is -0.501 e. The van der Waals surface area contributed by atoms with E-state index in [1.165, 1.54) is 7.11 Å². The number of pyridine rings is 1. The number of allylic oxidation sites excluding steroid dienone is 4. The van der Waals surface area contributed by atoms with E-state index in [1.54, 1.807) is 46.5 Å². The number of aliphatic imine (C=N–C) groups is 1. The summed E-state index contributed by atoms with van der Waals surface area (Å²) in [5.41, 5.74) is 2.70. The molecule has 8 heteroatoms. The Morgan fingerprint density at radius 1 is 1.00 bits per heavy atom. The number of ether oxygens (including phenoxy) is 4. The fourth-order valence-corrected chi connectivity index (χ4v) is 4.27. The van der Waals surface area contributed by atoms with Gasteiger partial charge in [-0.25, -0.2) is 9.98 Å². The molecule has 172 valence electrons. The van der Waals surface area contributed by atoms with Crippen LogP contribution in [-0.2, 0) is 16.0 Å². The molecule has 1 fully saturated rings. The Morgan fingerprint density at radius 3 is 2.39 bits per heavy atom. The zero-order valence-corrected chi connectivity index (χ0v) is 19.4. The monoisotopic (exact) mass is 450 g/mol. The summed E-state index contributed by atoms with van der Waals surface area (Å²) in [5.74, 6) is 1.78. The minimum absolute atomic E-state index is 0.0898. The molecule has 0 bridgehead atoms. The van der Waals surface area contributed by atoms with E-state index < -0.39 is 0 Å². The number of Topliss-reactive ketones (excluding diaryl/α,β-unsaturated/α-hetero) is 2. The molecule has 2 aliphatic carbocycles. The molecule has 0 aliphatic heterocycles. The predicted octanol–water partition coefficient (Wildman–Crippen LogP) is 4.00. The molecule has 8 nitrogen and oxygen atoms in total. The number of hydrogen-bond donors (Lipinski definition) is 0. The smallest absolute Gasteiger partial charge is 0.229 e. The van der Waals surface area contributed by atoms with Crippen molar-refractivity contribution in [2.45, 2.75) is 32.6 Å². The first-order valence-electron chi connectivity index (χ1n) is 10.7. The van der Waals surface area contributed by atoms with Gasteiger partial charge in [0, 0.05) is 29.0 Å². The lowest BCUT2D eigenvalue weighted by Crippen LogP contribution is -2.25. The Bertz CT molecular complexity index is 1260. The number of fused-ring (bicyclic) bond motifs is 2. The summed E-state index contributed by atoms with van der Waals surface area (Å²) in [6.45, 7) is 1.80. The van der Waals surface area contributed by atoms with E-state index in [4.69, 9.17) is 18.9 Å². The van der Waals surface area contributed by atoms with Crippen LogP contribution in [0.15, 0.2) is 40.2 Å². The molecule has 0 unspecified atom stereocenters. The average molecular weight is 450 g/mol. The molecule has 1 saturated carbocycles. The van der Waals surface area contributed by atoms with Crippen molar-refractivity contribution < 1.29 is 28.5 Å². The third-order valence-corrected chi connectivity index (χ3v) is 6.03. The van der Waals surface area contributed by atoms with Crippen molar-refractivity contribution in [2.24, 2.45) is 4.99 Å². The highest BCUT2D eigenvalue weighted by Gasteiger charge is 2.30. The van der Waals surface area contributed by atoms with E-state index in [9.17, 15) is 9.59 Å². The van der Waals surface area contributed by atoms with Gasteiger partial charge in [0.25, 0.3) is 0 Å². The van der Waals surface area contributed by atoms with Crippen LogP contribution in [-0.4, -0.2) is 50.7 Å². The maximum Gasteiger partial charge on any atom is 0.229 e. The molecule has 2 aromatic rings. The lowest BCUT2D eigenvalue weighted by molar-refractivity contribution is -0.113. The van der Waals surface area contributed by atoms with Gasteiger partial charge in [-0.15, -0.1) is 0 Å². The summed E-state index contributed by atoms with van der Waals surface area (Å²) in [5, 5.41) is 0.716. The Morgan fingerprint density at radius 2 is 1.73 bits per heavy atom. The minimum atomic E-state index is -0.355. The number of rotatable bonds is 5. The van der Waals surface area contributed by atoms with Crippen LogP contribution in [0.25, 0.3) is 10.9 Å². The zero-order valence-electron chi connectivity index (χ0n) is 19.4. The first-order valence-corrected chi connectivity index (χ1v) is 10.7. The highest BCUT2D eigenvalue weighted by molar-refractivity contribution is 6.47. The van der Waals surface area contributed by atoms with Gasteiger partial charge in [0.15, 0.2) is 17.3 Å². The van der Waals surface area contributed by atoms with Gasteiger partial charge in [-0.2, -0.15) is 0 Å². The molecular weight excluding hydrogens is 424 g/mol. The number of benzene rings is 1. The van der Waals surface area contributed by atoms with Crippen molar-refractivity contribution in [3.63, 3.8) is 0 Å². The lowest BCUT2D eigenvalue weighted by Gasteiger charge is -2.21. The molecule has 2 aliphatic rings. The predicted molar refractivity (Wildman–Crippen MR) is 124 cm³/mol. The van der Waals surface area contributed by atoms with Gasteiger partial charge in [-0.3, -0.25) is 9.59 Å². The maximum atomic E-state index is 13.4. The Labute approximate surface area is 191 Å². The summed E-state index contributed by atoms with van der Waals surface area (Å²) in [4.78, 5) is 35.2. The molecule has 0 radical (unpaired) electrons. The number of nitrogens with zero attached hydrogens (tertiary/aromatic N) is 2. The zero-order chi connectivity index (χ0) is 23.7. The highest BCUT2D eigenvalue weighted by Crippen LogP contribution is 2.40. The van der Waals surface area contributed by atoms with E-state index in [0.29, 0.717) is 64.4 Å². The van der Waals surface area contributed by atoms with Crippen LogP contribution in [0.1, 0.15) is 42.2 Å². The topological polar surface area (TPSA) is 96.3 Å². The molecule has 0 saturated heterocycles. The summed E-state index contributed by atoms with van der Waals surface area (Å²) >= 11 is 0. The second kappa shape index (κ2) is 9.05. The SMILES string of the molecule is CO/C(C)=C1\CCCC(=O)C1=NC1=CCc2c(nc3cc(OC)c(OC)cc3c2OC)C1=O. The van der Waals surface area contributed by atoms with Crippen LogP contribution in [0, 0.1) is 0 Å². The number of methoxy groups -OCH3 is 4. The van der Waals surface area contributed by atoms with Gasteiger partial charge in [-0.05, 0) is 38.3 Å². The molecule has 33 heavy (non-hydrogen) atoms. The van der Waals surface area contributed by atoms with Gasteiger partial charge in [0.05, 0.1) is 39.7 Å². The number of aromatic nitrogens is 1. The van der Waals surface area contributed by atoms with Crippen LogP contribution in [0.5, 0.6) is 17.2 Å². The van der Waals surface area contributed by atoms with E-state index in [2.05, 4.69) is 9.98 Å². The molecule has 1 aromatic carbocycles. The molecule has 4 rings (SSSR count). The Kier molecular flexibility index (Phi) is 6.18. The largest absolute Gasteiger partial charge is 0.501 e. The normalized spacial score (nSPS) is 18.7. The van der Waals surface area contributed by atoms with Crippen molar-refractivity contribution in [1.29, 1.82) is 0 Å². The molecule has 0 N–H and O–H groups in total. The number of hydrogen-bond acceptors (Lipinski definition) is 8. The maximum absolute atomic E-state index is 13.4. The fourth-order valence-electron chi connectivity index (χ4n) is 4.27. The highest BCUT2D eigenvalue weighted by atomic mass is 16.5. The van der Waals surface area contributed by atoms with Crippen LogP contribution in [0.4, 0.5) is 0 Å². The number of carbonyl (C=O) groups excluding carboxylic acids is 2. The summed E-state index contributed by atoms with van der Waals surface area (Å²) in [6.07, 6.45) is 3.93. The summed E-state index contributed by atoms with van der Waals surface area (Å²) in [7, 11) is 6.21. The summed E-state index contributed by atoms with van der Waals surface area (Å²) < 4.78 is 21.8. The standard InChI is InChI=1S/C25H26N2O6/c1-13(30-2)14-7-6-8-19(28)22(14)26-17-10-9-15-23(24(17)29)27-18-12-21(32-4)20(31-3)11-16(18)25(15)33-5/h10-12H,6-9H2,1-5H3/b14-13+,26-22?. The Hall–Kier alpha value is -3.68. The first kappa shape index (κ1) is 22.5. The van der Waals surface area contributed by atoms with Gasteiger partial charge in [-0.1, -0.05) is 0 Å². The van der Waals surface area contributed by atoms with Crippen LogP contribution in [0.3, 0.4) is 0 Å². The third kappa shape index (κ3) is 3.86. The van der Waals surface area contributed by atoms with E-state index >= 15 is 0 Å². The van der Waals surface area contributed by atoms with Crippen LogP contribution >= 0.6 is 0 Å². The quantitative estimate of drug-likeness (QED) is 0.635. The molecule has 1 aromatic heterocycles. The second-order valence-corrected chi connectivity index (χ2v) is 7.80. The van der Waals surface area contributed by atoms with Crippen molar-refractivity contribution in [3.05, 3.63) is 46.5 Å². The number of ketones is 2. The molecule has 0 spiro atoms. The Balaban J connectivity index is 1.85. The lowest BCUT2D eigenvalue weighted by atomic mass is 9.90. The average Bonchev–Trinajstić information content (AvgIpc) is 2.84. The molecule has 1 heterocycles. The van der Waals surface area contributed by atoms with Crippen LogP contribution < -0.4 is 14.2 Å². The van der Waals surface area contributed by atoms with Crippen molar-refractivity contribution in [3.8, 4) is 17.2 Å². The van der Waals surface area contributed by atoms with Gasteiger partial charge in [0.1, 0.15) is 22.9 Å². The van der Waals surface area contributed by atoms with Gasteiger partial charge >= 0.3 is 0 Å². The molecule has 0 atom stereocenters. The van der Waals surface area contributed by atoms with Gasteiger partial charge in [0.2, 0.25) is 5.78 Å². The van der Waals surface area contributed by atoms with Gasteiger partial charge < -0.3 is 18.9 Å². The van der Waals surface area contributed by atoms with E-state index in [1.807, 2.05) is 0 Å². The molecular formula is C25H26N2O6. The summed E-state index contributed by atoms with van der Waals surface area (Å²) in [6, 6.07) is 3.50. The van der Waals surface area contributed by atoms with Crippen molar-refractivity contribution in [1.82, 2.24) is 4.98 Å².